The molecule has 0 bridgehead atoms. The molecule has 2 saturated heterocycles. The molecule has 0 aliphatic carbocycles. The predicted molar refractivity (Wildman–Crippen MR) is 125 cm³/mol. The molecule has 2 fully saturated rings. The van der Waals surface area contributed by atoms with Crippen LogP contribution in [-0.2, 0) is 26.0 Å². The molecule has 4 rings (SSSR count). The Balaban J connectivity index is 1.38. The van der Waals surface area contributed by atoms with Gasteiger partial charge in [-0.1, -0.05) is 30.3 Å². The molecule has 0 saturated carbocycles. The zero-order valence-corrected chi connectivity index (χ0v) is 20.2. The van der Waals surface area contributed by atoms with Crippen molar-refractivity contribution in [3.05, 3.63) is 54.1 Å². The number of rotatable bonds is 8. The van der Waals surface area contributed by atoms with Crippen LogP contribution in [0.5, 0.6) is 11.5 Å². The average Bonchev–Trinajstić information content (AvgIpc) is 3.15. The van der Waals surface area contributed by atoms with E-state index in [0.717, 1.165) is 5.56 Å². The monoisotopic (exact) mass is 487 g/mol. The van der Waals surface area contributed by atoms with Gasteiger partial charge < -0.3 is 9.47 Å². The van der Waals surface area contributed by atoms with Crippen molar-refractivity contribution in [3.63, 3.8) is 0 Å². The fourth-order valence-corrected chi connectivity index (χ4v) is 5.89. The smallest absolute Gasteiger partial charge is 0.247 e. The Morgan fingerprint density at radius 3 is 2.24 bits per heavy atom. The summed E-state index contributed by atoms with van der Waals surface area (Å²) in [5.41, 5.74) is 1.07. The molecule has 0 aromatic heterocycles. The molecular weight excluding hydrogens is 458 g/mol. The van der Waals surface area contributed by atoms with E-state index < -0.39 is 16.1 Å². The molecule has 2 aliphatic rings. The number of ether oxygens (including phenoxy) is 2. The van der Waals surface area contributed by atoms with Gasteiger partial charge in [0, 0.05) is 38.8 Å². The van der Waals surface area contributed by atoms with Crippen LogP contribution in [0.15, 0.2) is 53.4 Å². The molecule has 0 unspecified atom stereocenters. The highest BCUT2D eigenvalue weighted by Crippen LogP contribution is 2.31. The van der Waals surface area contributed by atoms with E-state index in [2.05, 4.69) is 0 Å². The first-order valence-electron chi connectivity index (χ1n) is 11.2. The van der Waals surface area contributed by atoms with Crippen LogP contribution < -0.4 is 9.47 Å². The second-order valence-electron chi connectivity index (χ2n) is 8.30. The largest absolute Gasteiger partial charge is 0.493 e. The summed E-state index contributed by atoms with van der Waals surface area (Å²) in [6.45, 7) is 1.58. The van der Waals surface area contributed by atoms with Crippen LogP contribution in [-0.4, -0.2) is 87.3 Å². The van der Waals surface area contributed by atoms with Gasteiger partial charge in [0.25, 0.3) is 0 Å². The number of carbonyl (C=O) groups excluding carboxylic acids is 2. The van der Waals surface area contributed by atoms with E-state index in [4.69, 9.17) is 9.47 Å². The van der Waals surface area contributed by atoms with E-state index >= 15 is 0 Å². The van der Waals surface area contributed by atoms with E-state index in [1.54, 1.807) is 6.07 Å². The first-order valence-corrected chi connectivity index (χ1v) is 12.6. The van der Waals surface area contributed by atoms with Crippen molar-refractivity contribution in [2.75, 3.05) is 46.9 Å². The molecule has 2 amide bonds. The Morgan fingerprint density at radius 1 is 0.912 bits per heavy atom. The minimum atomic E-state index is -3.73. The van der Waals surface area contributed by atoms with Gasteiger partial charge in [-0.15, -0.1) is 0 Å². The van der Waals surface area contributed by atoms with E-state index in [-0.39, 0.29) is 36.2 Å². The van der Waals surface area contributed by atoms with Gasteiger partial charge in [0.05, 0.1) is 31.6 Å². The number of carbonyl (C=O) groups is 2. The van der Waals surface area contributed by atoms with Gasteiger partial charge in [-0.2, -0.15) is 4.31 Å². The van der Waals surface area contributed by atoms with E-state index in [1.807, 2.05) is 35.2 Å². The van der Waals surface area contributed by atoms with Gasteiger partial charge in [-0.05, 0) is 24.1 Å². The normalized spacial score (nSPS) is 20.1. The van der Waals surface area contributed by atoms with Crippen molar-refractivity contribution < 1.29 is 27.5 Å². The van der Waals surface area contributed by atoms with Gasteiger partial charge in [0.1, 0.15) is 0 Å². The van der Waals surface area contributed by atoms with Crippen molar-refractivity contribution in [3.8, 4) is 11.5 Å². The summed E-state index contributed by atoms with van der Waals surface area (Å²) in [6, 6.07) is 13.7. The Kier molecular flexibility index (Phi) is 7.20. The number of sulfonamides is 1. The molecule has 9 nitrogen and oxygen atoms in total. The van der Waals surface area contributed by atoms with Crippen molar-refractivity contribution in [2.24, 2.45) is 0 Å². The lowest BCUT2D eigenvalue weighted by Crippen LogP contribution is -2.53. The van der Waals surface area contributed by atoms with Crippen LogP contribution in [0.1, 0.15) is 12.0 Å². The molecule has 10 heteroatoms. The molecular formula is C24H29N3O6S. The van der Waals surface area contributed by atoms with E-state index in [9.17, 15) is 18.0 Å². The molecule has 2 aromatic carbocycles. The van der Waals surface area contributed by atoms with Crippen LogP contribution in [0.3, 0.4) is 0 Å². The maximum absolute atomic E-state index is 13.2. The fourth-order valence-electron chi connectivity index (χ4n) is 4.45. The van der Waals surface area contributed by atoms with E-state index in [0.29, 0.717) is 37.6 Å². The van der Waals surface area contributed by atoms with Crippen molar-refractivity contribution >= 4 is 21.8 Å². The number of likely N-dealkylation sites (tertiary alicyclic amines) is 1. The molecule has 0 radical (unpaired) electrons. The number of nitrogens with zero attached hydrogens (tertiary/aromatic N) is 3. The standard InChI is InChI=1S/C24H29N3O6S/c1-32-21-9-8-19(16-22(21)33-2)34(30,31)26-14-12-25(13-15-26)20-17-23(28)27(24(20)29)11-10-18-6-4-3-5-7-18/h3-9,16,20H,10-15,17H2,1-2H3/t20-/m0/s1. The van der Waals surface area contributed by atoms with Crippen LogP contribution in [0.25, 0.3) is 0 Å². The number of piperazine rings is 1. The summed E-state index contributed by atoms with van der Waals surface area (Å²) in [4.78, 5) is 28.9. The summed E-state index contributed by atoms with van der Waals surface area (Å²) < 4.78 is 38.1. The highest BCUT2D eigenvalue weighted by atomic mass is 32.2. The first kappa shape index (κ1) is 24.2. The zero-order chi connectivity index (χ0) is 24.3. The van der Waals surface area contributed by atoms with Gasteiger partial charge in [-0.25, -0.2) is 8.42 Å². The summed E-state index contributed by atoms with van der Waals surface area (Å²) in [5.74, 6) is 0.420. The van der Waals surface area contributed by atoms with Crippen LogP contribution in [0.2, 0.25) is 0 Å². The maximum Gasteiger partial charge on any atom is 0.247 e. The Hall–Kier alpha value is -2.95. The number of imide groups is 1. The summed E-state index contributed by atoms with van der Waals surface area (Å²) in [7, 11) is -0.788. The highest BCUT2D eigenvalue weighted by molar-refractivity contribution is 7.89. The molecule has 2 heterocycles. The minimum absolute atomic E-state index is 0.123. The molecule has 1 atom stereocenters. The third-order valence-corrected chi connectivity index (χ3v) is 8.29. The number of hydrogen-bond donors (Lipinski definition) is 0. The van der Waals surface area contributed by atoms with Gasteiger partial charge in [-0.3, -0.25) is 19.4 Å². The number of hydrogen-bond acceptors (Lipinski definition) is 7. The summed E-state index contributed by atoms with van der Waals surface area (Å²) >= 11 is 0. The maximum atomic E-state index is 13.2. The summed E-state index contributed by atoms with van der Waals surface area (Å²) in [6.07, 6.45) is 0.748. The summed E-state index contributed by atoms with van der Waals surface area (Å²) in [5, 5.41) is 0. The van der Waals surface area contributed by atoms with Crippen molar-refractivity contribution in [2.45, 2.75) is 23.8 Å². The quantitative estimate of drug-likeness (QED) is 0.519. The van der Waals surface area contributed by atoms with Crippen LogP contribution >= 0.6 is 0 Å². The Bertz CT molecular complexity index is 1150. The Labute approximate surface area is 199 Å². The lowest BCUT2D eigenvalue weighted by atomic mass is 10.1. The topological polar surface area (TPSA) is 96.5 Å². The molecule has 2 aromatic rings. The highest BCUT2D eigenvalue weighted by Gasteiger charge is 2.43. The lowest BCUT2D eigenvalue weighted by Gasteiger charge is -2.36. The molecule has 2 aliphatic heterocycles. The Morgan fingerprint density at radius 2 is 1.59 bits per heavy atom. The first-order chi connectivity index (χ1) is 16.3. The zero-order valence-electron chi connectivity index (χ0n) is 19.3. The minimum Gasteiger partial charge on any atom is -0.493 e. The fraction of sp³-hybridized carbons (Fsp3) is 0.417. The SMILES string of the molecule is COc1ccc(S(=O)(=O)N2CCN([C@H]3CC(=O)N(CCc4ccccc4)C3=O)CC2)cc1OC. The molecule has 0 spiro atoms. The third kappa shape index (κ3) is 4.79. The second-order valence-corrected chi connectivity index (χ2v) is 10.2. The third-order valence-electron chi connectivity index (χ3n) is 6.39. The van der Waals surface area contributed by atoms with Crippen LogP contribution in [0, 0.1) is 0 Å². The number of methoxy groups -OCH3 is 2. The number of amides is 2. The second kappa shape index (κ2) is 10.1. The van der Waals surface area contributed by atoms with Crippen molar-refractivity contribution in [1.82, 2.24) is 14.1 Å². The molecule has 34 heavy (non-hydrogen) atoms. The van der Waals surface area contributed by atoms with Gasteiger partial charge in [0.15, 0.2) is 11.5 Å². The van der Waals surface area contributed by atoms with E-state index in [1.165, 1.54) is 35.6 Å². The molecule has 0 N–H and O–H groups in total. The number of benzene rings is 2. The van der Waals surface area contributed by atoms with Crippen LogP contribution in [0.4, 0.5) is 0 Å². The predicted octanol–water partition coefficient (Wildman–Crippen LogP) is 1.38. The van der Waals surface area contributed by atoms with Gasteiger partial charge >= 0.3 is 0 Å². The van der Waals surface area contributed by atoms with Gasteiger partial charge in [0.2, 0.25) is 21.8 Å². The average molecular weight is 488 g/mol. The van der Waals surface area contributed by atoms with Crippen molar-refractivity contribution in [1.29, 1.82) is 0 Å². The molecule has 182 valence electrons. The lowest BCUT2D eigenvalue weighted by molar-refractivity contribution is -0.139.